The minimum Gasteiger partial charge on any atom is -0.396 e. The first kappa shape index (κ1) is 27.3. The number of aliphatic imine (C=N–C) groups is 1. The molecule has 182 valence electrons. The number of nitrogen functional groups attached to an aromatic ring is 1. The number of nitrogens with zero attached hydrogens (tertiary/aromatic N) is 3. The number of aliphatic hydroxyl groups excluding tert-OH is 1. The van der Waals surface area contributed by atoms with E-state index in [1.165, 1.54) is 37.7 Å². The molecule has 0 saturated heterocycles. The molecule has 1 unspecified atom stereocenters. The summed E-state index contributed by atoms with van der Waals surface area (Å²) in [5, 5.41) is 29.7. The lowest BCUT2D eigenvalue weighted by Crippen LogP contribution is -2.16. The number of aromatic nitrogens is 2. The van der Waals surface area contributed by atoms with Crippen molar-refractivity contribution in [2.45, 2.75) is 52.1 Å². The van der Waals surface area contributed by atoms with E-state index in [0.29, 0.717) is 28.7 Å². The van der Waals surface area contributed by atoms with Crippen LogP contribution in [-0.2, 0) is 5.75 Å². The second-order valence-corrected chi connectivity index (χ2v) is 9.52. The number of aryl methyl sites for hydroxylation is 1. The molecule has 1 aromatic carbocycles. The largest absolute Gasteiger partial charge is 0.396 e. The highest BCUT2D eigenvalue weighted by Crippen LogP contribution is 2.39. The van der Waals surface area contributed by atoms with Crippen molar-refractivity contribution in [1.29, 1.82) is 0 Å². The normalized spacial score (nSPS) is 14.0. The van der Waals surface area contributed by atoms with Gasteiger partial charge in [0.25, 0.3) is 0 Å². The number of fused-ring (bicyclic) bond motifs is 1. The molecule has 33 heavy (non-hydrogen) atoms. The number of aliphatic hydroxyl groups is 3. The van der Waals surface area contributed by atoms with Crippen molar-refractivity contribution in [2.24, 2.45) is 10.9 Å². The van der Waals surface area contributed by atoms with E-state index in [4.69, 9.17) is 32.5 Å². The van der Waals surface area contributed by atoms with Crippen molar-refractivity contribution in [3.63, 3.8) is 0 Å². The molecule has 2 heterocycles. The Hall–Kier alpha value is -1.98. The number of hydrogen-bond donors (Lipinski definition) is 5. The number of halogens is 2. The molecule has 0 spiro atoms. The van der Waals surface area contributed by atoms with Crippen molar-refractivity contribution in [3.05, 3.63) is 39.8 Å². The summed E-state index contributed by atoms with van der Waals surface area (Å²) in [4.78, 5) is 13.1. The zero-order chi connectivity index (χ0) is 24.8. The Balaban J connectivity index is 0.000000696. The molecule has 0 saturated carbocycles. The van der Waals surface area contributed by atoms with Gasteiger partial charge in [0.15, 0.2) is 5.79 Å². The van der Waals surface area contributed by atoms with E-state index in [1.807, 2.05) is 13.8 Å². The van der Waals surface area contributed by atoms with Crippen LogP contribution in [0.4, 0.5) is 21.8 Å². The molecule has 0 radical (unpaired) electrons. The van der Waals surface area contributed by atoms with Crippen LogP contribution in [0.15, 0.2) is 17.1 Å². The SMILES string of the molecule is CC(C)(O)O.CCC(CO)CCNc1nc(N)nc(Cl)c1C1=Nc2c(C)cc(F)cc2CS1. The van der Waals surface area contributed by atoms with E-state index in [1.54, 1.807) is 0 Å². The highest BCUT2D eigenvalue weighted by molar-refractivity contribution is 8.13. The highest BCUT2D eigenvalue weighted by atomic mass is 35.5. The second kappa shape index (κ2) is 11.9. The molecule has 11 heteroatoms. The van der Waals surface area contributed by atoms with Gasteiger partial charge in [0.1, 0.15) is 21.8 Å². The molecule has 1 aliphatic rings. The first-order chi connectivity index (χ1) is 15.4. The molecule has 0 aliphatic carbocycles. The molecule has 1 atom stereocenters. The molecule has 6 N–H and O–H groups in total. The fourth-order valence-corrected chi connectivity index (χ4v) is 4.40. The van der Waals surface area contributed by atoms with Gasteiger partial charge in [0.2, 0.25) is 5.95 Å². The van der Waals surface area contributed by atoms with Crippen molar-refractivity contribution in [1.82, 2.24) is 9.97 Å². The van der Waals surface area contributed by atoms with Gasteiger partial charge < -0.3 is 26.4 Å². The van der Waals surface area contributed by atoms with Crippen molar-refractivity contribution in [2.75, 3.05) is 24.2 Å². The lowest BCUT2D eigenvalue weighted by atomic mass is 10.0. The monoisotopic (exact) mass is 499 g/mol. The van der Waals surface area contributed by atoms with Gasteiger partial charge in [0.05, 0.1) is 11.3 Å². The van der Waals surface area contributed by atoms with E-state index >= 15 is 0 Å². The third-order valence-electron chi connectivity index (χ3n) is 4.70. The van der Waals surface area contributed by atoms with Crippen LogP contribution in [0.1, 0.15) is 50.3 Å². The lowest BCUT2D eigenvalue weighted by molar-refractivity contribution is -0.127. The van der Waals surface area contributed by atoms with Gasteiger partial charge in [-0.2, -0.15) is 4.98 Å². The summed E-state index contributed by atoms with van der Waals surface area (Å²) in [5.41, 5.74) is 8.74. The molecule has 3 rings (SSSR count). The second-order valence-electron chi connectivity index (χ2n) is 8.20. The average Bonchev–Trinajstić information content (AvgIpc) is 2.69. The van der Waals surface area contributed by atoms with Crippen molar-refractivity contribution < 1.29 is 19.7 Å². The summed E-state index contributed by atoms with van der Waals surface area (Å²) in [7, 11) is 0. The summed E-state index contributed by atoms with van der Waals surface area (Å²) in [6.07, 6.45) is 1.68. The van der Waals surface area contributed by atoms with Crippen LogP contribution in [0.3, 0.4) is 0 Å². The Bertz CT molecular complexity index is 991. The molecule has 0 fully saturated rings. The molecule has 8 nitrogen and oxygen atoms in total. The maximum absolute atomic E-state index is 13.7. The molecule has 1 aromatic heterocycles. The minimum absolute atomic E-state index is 0.0745. The van der Waals surface area contributed by atoms with Crippen molar-refractivity contribution in [3.8, 4) is 0 Å². The minimum atomic E-state index is -1.50. The highest BCUT2D eigenvalue weighted by Gasteiger charge is 2.23. The maximum Gasteiger partial charge on any atom is 0.223 e. The van der Waals surface area contributed by atoms with Crippen LogP contribution in [0.25, 0.3) is 0 Å². The Morgan fingerprint density at radius 3 is 2.58 bits per heavy atom. The predicted molar refractivity (Wildman–Crippen MR) is 133 cm³/mol. The summed E-state index contributed by atoms with van der Waals surface area (Å²) >= 11 is 7.85. The van der Waals surface area contributed by atoms with Gasteiger partial charge in [-0.15, -0.1) is 11.8 Å². The molecule has 1 aliphatic heterocycles. The summed E-state index contributed by atoms with van der Waals surface area (Å²) in [6, 6.07) is 2.98. The van der Waals surface area contributed by atoms with Gasteiger partial charge >= 0.3 is 0 Å². The molecule has 2 aromatic rings. The van der Waals surface area contributed by atoms with Crippen LogP contribution >= 0.6 is 23.4 Å². The van der Waals surface area contributed by atoms with Crippen LogP contribution in [-0.4, -0.2) is 49.3 Å². The predicted octanol–water partition coefficient (Wildman–Crippen LogP) is 4.01. The summed E-state index contributed by atoms with van der Waals surface area (Å²) < 4.78 is 13.7. The average molecular weight is 500 g/mol. The third-order valence-corrected chi connectivity index (χ3v) is 6.00. The van der Waals surface area contributed by atoms with Crippen LogP contribution in [0, 0.1) is 18.7 Å². The van der Waals surface area contributed by atoms with Crippen LogP contribution in [0.5, 0.6) is 0 Å². The van der Waals surface area contributed by atoms with Gasteiger partial charge in [-0.1, -0.05) is 24.9 Å². The quantitative estimate of drug-likeness (QED) is 0.284. The Kier molecular flexibility index (Phi) is 9.86. The van der Waals surface area contributed by atoms with Crippen molar-refractivity contribution >= 4 is 45.9 Å². The first-order valence-electron chi connectivity index (χ1n) is 10.6. The fourth-order valence-electron chi connectivity index (χ4n) is 3.07. The smallest absolute Gasteiger partial charge is 0.223 e. The Morgan fingerprint density at radius 1 is 1.30 bits per heavy atom. The third kappa shape index (κ3) is 8.38. The number of benzene rings is 1. The standard InChI is InChI=1S/C19H23ClFN5OS.C3H8O2/c1-3-11(8-27)4-5-23-17-14(16(20)25-19(22)26-17)18-24-15-10(2)6-13(21)7-12(15)9-28-18;1-3(2,4)5/h6-7,11,27H,3-5,8-9H2,1-2H3,(H3,22,23,25,26);4-5H,1-2H3. The zero-order valence-corrected chi connectivity index (χ0v) is 20.8. The van der Waals surface area contributed by atoms with E-state index in [9.17, 15) is 9.50 Å². The number of nitrogens with one attached hydrogen (secondary N) is 1. The first-order valence-corrected chi connectivity index (χ1v) is 11.9. The number of thioether (sulfide) groups is 1. The number of anilines is 2. The zero-order valence-electron chi connectivity index (χ0n) is 19.2. The Morgan fingerprint density at radius 2 is 1.97 bits per heavy atom. The van der Waals surface area contributed by atoms with Gasteiger partial charge in [-0.3, -0.25) is 0 Å². The lowest BCUT2D eigenvalue weighted by Gasteiger charge is -2.20. The molecular weight excluding hydrogens is 469 g/mol. The summed E-state index contributed by atoms with van der Waals surface area (Å²) in [5.74, 6) is -0.377. The van der Waals surface area contributed by atoms with Crippen LogP contribution < -0.4 is 11.1 Å². The Labute approximate surface area is 202 Å². The number of nitrogens with two attached hydrogens (primary N) is 1. The molecule has 0 bridgehead atoms. The molecule has 0 amide bonds. The van der Waals surface area contributed by atoms with E-state index in [2.05, 4.69) is 15.3 Å². The fraction of sp³-hybridized carbons (Fsp3) is 0.500. The van der Waals surface area contributed by atoms with E-state index in [-0.39, 0.29) is 29.4 Å². The number of rotatable bonds is 7. The van der Waals surface area contributed by atoms with Gasteiger partial charge in [-0.25, -0.2) is 14.4 Å². The van der Waals surface area contributed by atoms with Crippen LogP contribution in [0.2, 0.25) is 5.15 Å². The number of hydrogen-bond acceptors (Lipinski definition) is 9. The van der Waals surface area contributed by atoms with Gasteiger partial charge in [-0.05, 0) is 56.4 Å². The maximum atomic E-state index is 13.7. The van der Waals surface area contributed by atoms with E-state index < -0.39 is 5.79 Å². The van der Waals surface area contributed by atoms with Gasteiger partial charge in [0, 0.05) is 18.9 Å². The molecular formula is C22H31ClFN5O3S. The summed E-state index contributed by atoms with van der Waals surface area (Å²) in [6.45, 7) is 7.23. The topological polar surface area (TPSA) is 137 Å². The van der Waals surface area contributed by atoms with E-state index in [0.717, 1.165) is 29.7 Å².